The quantitative estimate of drug-likeness (QED) is 0.479. The zero-order valence-electron chi connectivity index (χ0n) is 19.2. The van der Waals surface area contributed by atoms with Crippen LogP contribution >= 0.6 is 0 Å². The van der Waals surface area contributed by atoms with E-state index in [2.05, 4.69) is 5.32 Å². The number of sulfonamides is 1. The third kappa shape index (κ3) is 6.58. The maximum atomic E-state index is 12.9. The van der Waals surface area contributed by atoms with E-state index < -0.39 is 10.0 Å². The molecule has 1 unspecified atom stereocenters. The second kappa shape index (κ2) is 11.0. The van der Waals surface area contributed by atoms with Crippen molar-refractivity contribution in [2.75, 3.05) is 24.2 Å². The summed E-state index contributed by atoms with van der Waals surface area (Å²) in [5.74, 6) is 0.439. The van der Waals surface area contributed by atoms with Crippen molar-refractivity contribution in [2.24, 2.45) is 0 Å². The number of ether oxygens (including phenoxy) is 1. The Morgan fingerprint density at radius 2 is 1.70 bits per heavy atom. The van der Waals surface area contributed by atoms with Gasteiger partial charge in [0, 0.05) is 19.0 Å². The van der Waals surface area contributed by atoms with Gasteiger partial charge in [-0.05, 0) is 42.2 Å². The van der Waals surface area contributed by atoms with Crippen molar-refractivity contribution in [3.05, 3.63) is 95.6 Å². The van der Waals surface area contributed by atoms with Gasteiger partial charge in [-0.25, -0.2) is 8.42 Å². The van der Waals surface area contributed by atoms with Crippen molar-refractivity contribution < 1.29 is 17.9 Å². The van der Waals surface area contributed by atoms with Crippen molar-refractivity contribution in [1.29, 1.82) is 0 Å². The molecule has 3 aromatic carbocycles. The highest BCUT2D eigenvalue weighted by Crippen LogP contribution is 2.26. The number of methoxy groups -OCH3 is 1. The van der Waals surface area contributed by atoms with Gasteiger partial charge in [0.25, 0.3) is 0 Å². The largest absolute Gasteiger partial charge is 0.497 e. The zero-order valence-corrected chi connectivity index (χ0v) is 20.0. The van der Waals surface area contributed by atoms with Gasteiger partial charge in [0.2, 0.25) is 15.9 Å². The summed E-state index contributed by atoms with van der Waals surface area (Å²) in [6.07, 6.45) is 1.74. The zero-order chi connectivity index (χ0) is 23.8. The molecule has 0 spiro atoms. The predicted molar refractivity (Wildman–Crippen MR) is 132 cm³/mol. The number of benzene rings is 3. The minimum Gasteiger partial charge on any atom is -0.497 e. The van der Waals surface area contributed by atoms with Crippen LogP contribution in [0.2, 0.25) is 0 Å². The Kier molecular flexibility index (Phi) is 8.11. The number of hydrogen-bond acceptors (Lipinski definition) is 4. The lowest BCUT2D eigenvalue weighted by Crippen LogP contribution is -2.33. The van der Waals surface area contributed by atoms with Crippen LogP contribution in [0.4, 0.5) is 5.69 Å². The van der Waals surface area contributed by atoms with Crippen molar-refractivity contribution in [2.45, 2.75) is 25.8 Å². The summed E-state index contributed by atoms with van der Waals surface area (Å²) >= 11 is 0. The number of aryl methyl sites for hydroxylation is 1. The third-order valence-corrected chi connectivity index (χ3v) is 6.64. The third-order valence-electron chi connectivity index (χ3n) is 5.44. The molecule has 6 nitrogen and oxygen atoms in total. The molecular formula is C26H30N2O4S. The van der Waals surface area contributed by atoms with Gasteiger partial charge in [0.15, 0.2) is 0 Å². The van der Waals surface area contributed by atoms with Gasteiger partial charge in [-0.15, -0.1) is 0 Å². The molecule has 0 fully saturated rings. The first-order chi connectivity index (χ1) is 15.8. The molecule has 0 aliphatic rings. The van der Waals surface area contributed by atoms with Crippen LogP contribution in [0.15, 0.2) is 78.9 Å². The van der Waals surface area contributed by atoms with Gasteiger partial charge in [0.05, 0.1) is 25.1 Å². The van der Waals surface area contributed by atoms with Gasteiger partial charge in [-0.3, -0.25) is 9.10 Å². The SMILES string of the molecule is COc1cccc(N(CCCC(=O)NC(c2ccccc2)c2ccccc2C)S(C)(=O)=O)c1. The number of hydrogen-bond donors (Lipinski definition) is 1. The number of nitrogens with one attached hydrogen (secondary N) is 1. The summed E-state index contributed by atoms with van der Waals surface area (Å²) in [6, 6.07) is 24.4. The van der Waals surface area contributed by atoms with E-state index in [1.165, 1.54) is 11.4 Å². The second-order valence-corrected chi connectivity index (χ2v) is 9.81. The van der Waals surface area contributed by atoms with Gasteiger partial charge in [0.1, 0.15) is 5.75 Å². The summed E-state index contributed by atoms with van der Waals surface area (Å²) in [6.45, 7) is 2.22. The Labute approximate surface area is 196 Å². The van der Waals surface area contributed by atoms with Crippen LogP contribution in [0.25, 0.3) is 0 Å². The molecular weight excluding hydrogens is 436 g/mol. The molecule has 0 aliphatic carbocycles. The fraction of sp³-hybridized carbons (Fsp3) is 0.269. The first kappa shape index (κ1) is 24.3. The van der Waals surface area contributed by atoms with Crippen molar-refractivity contribution in [3.63, 3.8) is 0 Å². The van der Waals surface area contributed by atoms with E-state index in [-0.39, 0.29) is 24.9 Å². The van der Waals surface area contributed by atoms with E-state index in [1.807, 2.05) is 61.5 Å². The monoisotopic (exact) mass is 466 g/mol. The van der Waals surface area contributed by atoms with E-state index >= 15 is 0 Å². The van der Waals surface area contributed by atoms with Crippen molar-refractivity contribution in [1.82, 2.24) is 5.32 Å². The predicted octanol–water partition coefficient (Wildman–Crippen LogP) is 4.46. The standard InChI is InChI=1S/C26H30N2O4S/c1-20-11-7-8-16-24(20)26(21-12-5-4-6-13-21)27-25(29)17-10-18-28(33(3,30)31)22-14-9-15-23(19-22)32-2/h4-9,11-16,19,26H,10,17-18H2,1-3H3,(H,27,29). The Hall–Kier alpha value is -3.32. The summed E-state index contributed by atoms with van der Waals surface area (Å²) in [5, 5.41) is 3.13. The molecule has 1 atom stereocenters. The first-order valence-corrected chi connectivity index (χ1v) is 12.7. The fourth-order valence-corrected chi connectivity index (χ4v) is 4.72. The van der Waals surface area contributed by atoms with Crippen molar-refractivity contribution in [3.8, 4) is 5.75 Å². The average Bonchev–Trinajstić information content (AvgIpc) is 2.80. The molecule has 0 saturated heterocycles. The van der Waals surface area contributed by atoms with Crippen LogP contribution in [-0.2, 0) is 14.8 Å². The van der Waals surface area contributed by atoms with E-state index in [1.54, 1.807) is 24.3 Å². The van der Waals surface area contributed by atoms with Gasteiger partial charge >= 0.3 is 0 Å². The number of carbonyl (C=O) groups is 1. The summed E-state index contributed by atoms with van der Waals surface area (Å²) in [7, 11) is -1.98. The smallest absolute Gasteiger partial charge is 0.232 e. The van der Waals surface area contributed by atoms with Crippen LogP contribution in [0.3, 0.4) is 0 Å². The summed E-state index contributed by atoms with van der Waals surface area (Å²) < 4.78 is 31.3. The average molecular weight is 467 g/mol. The first-order valence-electron chi connectivity index (χ1n) is 10.8. The second-order valence-electron chi connectivity index (χ2n) is 7.91. The maximum absolute atomic E-state index is 12.9. The highest BCUT2D eigenvalue weighted by molar-refractivity contribution is 7.92. The molecule has 3 aromatic rings. The van der Waals surface area contributed by atoms with E-state index in [9.17, 15) is 13.2 Å². The van der Waals surface area contributed by atoms with Crippen LogP contribution in [0.5, 0.6) is 5.75 Å². The number of anilines is 1. The van der Waals surface area contributed by atoms with Crippen molar-refractivity contribution >= 4 is 21.6 Å². The van der Waals surface area contributed by atoms with Crippen LogP contribution in [0.1, 0.15) is 35.6 Å². The van der Waals surface area contributed by atoms with Gasteiger partial charge in [-0.1, -0.05) is 60.7 Å². The van der Waals surface area contributed by atoms with Crippen LogP contribution < -0.4 is 14.4 Å². The van der Waals surface area contributed by atoms with Crippen LogP contribution in [-0.4, -0.2) is 34.2 Å². The Bertz CT molecular complexity index is 1180. The highest BCUT2D eigenvalue weighted by Gasteiger charge is 2.21. The number of nitrogens with zero attached hydrogens (tertiary/aromatic N) is 1. The lowest BCUT2D eigenvalue weighted by Gasteiger charge is -2.24. The topological polar surface area (TPSA) is 75.7 Å². The van der Waals surface area contributed by atoms with E-state index in [0.717, 1.165) is 22.9 Å². The maximum Gasteiger partial charge on any atom is 0.232 e. The number of carbonyl (C=O) groups excluding carboxylic acids is 1. The molecule has 3 rings (SSSR count). The lowest BCUT2D eigenvalue weighted by molar-refractivity contribution is -0.121. The number of amides is 1. The molecule has 0 saturated carbocycles. The molecule has 0 aliphatic heterocycles. The molecule has 33 heavy (non-hydrogen) atoms. The molecule has 174 valence electrons. The Morgan fingerprint density at radius 3 is 2.36 bits per heavy atom. The number of rotatable bonds is 10. The molecule has 0 radical (unpaired) electrons. The fourth-order valence-electron chi connectivity index (χ4n) is 3.77. The highest BCUT2D eigenvalue weighted by atomic mass is 32.2. The van der Waals surface area contributed by atoms with E-state index in [0.29, 0.717) is 17.9 Å². The van der Waals surface area contributed by atoms with Gasteiger partial charge in [-0.2, -0.15) is 0 Å². The minimum atomic E-state index is -3.51. The summed E-state index contributed by atoms with van der Waals surface area (Å²) in [5.41, 5.74) is 3.63. The molecule has 1 amide bonds. The molecule has 0 aromatic heterocycles. The normalized spacial score (nSPS) is 12.1. The molecule has 7 heteroatoms. The Balaban J connectivity index is 1.71. The molecule has 0 heterocycles. The Morgan fingerprint density at radius 1 is 1.00 bits per heavy atom. The van der Waals surface area contributed by atoms with E-state index in [4.69, 9.17) is 4.74 Å². The minimum absolute atomic E-state index is 0.133. The lowest BCUT2D eigenvalue weighted by atomic mass is 9.95. The van der Waals surface area contributed by atoms with Crippen LogP contribution in [0, 0.1) is 6.92 Å². The van der Waals surface area contributed by atoms with Gasteiger partial charge < -0.3 is 10.1 Å². The molecule has 0 bridgehead atoms. The summed E-state index contributed by atoms with van der Waals surface area (Å²) in [4.78, 5) is 12.9. The molecule has 1 N–H and O–H groups in total.